The van der Waals surface area contributed by atoms with E-state index >= 15 is 0 Å². The van der Waals surface area contributed by atoms with Gasteiger partial charge in [0, 0.05) is 11.8 Å². The highest BCUT2D eigenvalue weighted by Crippen LogP contribution is 2.36. The van der Waals surface area contributed by atoms with Crippen LogP contribution in [0.5, 0.6) is 0 Å². The third kappa shape index (κ3) is 1.53. The molecular formula is C9H16O3. The first-order valence-corrected chi connectivity index (χ1v) is 4.15. The second kappa shape index (κ2) is 3.17. The van der Waals surface area contributed by atoms with Crippen molar-refractivity contribution in [2.24, 2.45) is 5.41 Å². The van der Waals surface area contributed by atoms with Crippen molar-refractivity contribution < 1.29 is 14.9 Å². The summed E-state index contributed by atoms with van der Waals surface area (Å²) in [7, 11) is 0. The number of rotatable bonds is 1. The minimum atomic E-state index is -0.786. The zero-order valence-electron chi connectivity index (χ0n) is 7.53. The molecule has 0 unspecified atom stereocenters. The Morgan fingerprint density at radius 2 is 2.17 bits per heavy atom. The Morgan fingerprint density at radius 1 is 1.58 bits per heavy atom. The molecule has 0 bridgehead atoms. The van der Waals surface area contributed by atoms with Crippen LogP contribution in [0.1, 0.15) is 20.3 Å². The van der Waals surface area contributed by atoms with Crippen molar-refractivity contribution in [2.45, 2.75) is 38.8 Å². The van der Waals surface area contributed by atoms with Crippen LogP contribution in [0.4, 0.5) is 0 Å². The molecular weight excluding hydrogens is 156 g/mol. The zero-order valence-corrected chi connectivity index (χ0v) is 7.53. The van der Waals surface area contributed by atoms with Crippen molar-refractivity contribution in [2.75, 3.05) is 0 Å². The average molecular weight is 172 g/mol. The van der Waals surface area contributed by atoms with Gasteiger partial charge in [-0.25, -0.2) is 0 Å². The van der Waals surface area contributed by atoms with Crippen LogP contribution in [-0.4, -0.2) is 28.7 Å². The Kier molecular flexibility index (Phi) is 2.56. The third-order valence-electron chi connectivity index (χ3n) is 2.57. The lowest BCUT2D eigenvalue weighted by Gasteiger charge is -2.42. The molecule has 1 saturated heterocycles. The Morgan fingerprint density at radius 3 is 2.67 bits per heavy atom. The summed E-state index contributed by atoms with van der Waals surface area (Å²) >= 11 is 0. The summed E-state index contributed by atoms with van der Waals surface area (Å²) in [6.45, 7) is 7.26. The molecule has 0 radical (unpaired) electrons. The Hall–Kier alpha value is -0.380. The predicted molar refractivity (Wildman–Crippen MR) is 45.5 cm³/mol. The molecule has 0 aromatic carbocycles. The highest BCUT2D eigenvalue weighted by Gasteiger charge is 2.41. The summed E-state index contributed by atoms with van der Waals surface area (Å²) in [5.74, 6) is 0. The molecule has 0 amide bonds. The first-order valence-electron chi connectivity index (χ1n) is 4.15. The molecule has 0 aliphatic carbocycles. The lowest BCUT2D eigenvalue weighted by atomic mass is 9.77. The minimum Gasteiger partial charge on any atom is -0.390 e. The van der Waals surface area contributed by atoms with E-state index in [0.717, 1.165) is 0 Å². The van der Waals surface area contributed by atoms with Crippen molar-refractivity contribution in [3.63, 3.8) is 0 Å². The van der Waals surface area contributed by atoms with Gasteiger partial charge < -0.3 is 14.9 Å². The van der Waals surface area contributed by atoms with E-state index in [1.54, 1.807) is 13.0 Å². The quantitative estimate of drug-likeness (QED) is 0.571. The second-order valence-corrected chi connectivity index (χ2v) is 3.65. The summed E-state index contributed by atoms with van der Waals surface area (Å²) in [5, 5.41) is 19.0. The van der Waals surface area contributed by atoms with Crippen LogP contribution in [0.15, 0.2) is 12.7 Å². The summed E-state index contributed by atoms with van der Waals surface area (Å²) in [6.07, 6.45) is 0.378. The van der Waals surface area contributed by atoms with E-state index in [0.29, 0.717) is 6.42 Å². The van der Waals surface area contributed by atoms with Crippen molar-refractivity contribution in [1.82, 2.24) is 0 Å². The van der Waals surface area contributed by atoms with Gasteiger partial charge >= 0.3 is 0 Å². The molecule has 3 heteroatoms. The van der Waals surface area contributed by atoms with Crippen LogP contribution >= 0.6 is 0 Å². The Bertz CT molecular complexity index is 181. The molecule has 1 fully saturated rings. The number of aliphatic hydroxyl groups excluding tert-OH is 2. The molecule has 2 N–H and O–H groups in total. The van der Waals surface area contributed by atoms with Crippen molar-refractivity contribution in [3.8, 4) is 0 Å². The van der Waals surface area contributed by atoms with Crippen LogP contribution < -0.4 is 0 Å². The van der Waals surface area contributed by atoms with Gasteiger partial charge in [0.15, 0.2) is 6.29 Å². The molecule has 1 rings (SSSR count). The van der Waals surface area contributed by atoms with E-state index in [1.165, 1.54) is 0 Å². The first-order chi connectivity index (χ1) is 5.49. The van der Waals surface area contributed by atoms with Crippen LogP contribution in [0.25, 0.3) is 0 Å². The fourth-order valence-corrected chi connectivity index (χ4v) is 1.61. The molecule has 1 aliphatic rings. The molecule has 70 valence electrons. The van der Waals surface area contributed by atoms with Crippen molar-refractivity contribution >= 4 is 0 Å². The molecule has 1 heterocycles. The fourth-order valence-electron chi connectivity index (χ4n) is 1.61. The van der Waals surface area contributed by atoms with E-state index in [4.69, 9.17) is 4.74 Å². The number of hydrogen-bond acceptors (Lipinski definition) is 3. The van der Waals surface area contributed by atoms with Crippen molar-refractivity contribution in [3.05, 3.63) is 12.7 Å². The van der Waals surface area contributed by atoms with Gasteiger partial charge in [0.25, 0.3) is 0 Å². The smallest absolute Gasteiger partial charge is 0.155 e. The second-order valence-electron chi connectivity index (χ2n) is 3.65. The molecule has 4 atom stereocenters. The van der Waals surface area contributed by atoms with Crippen LogP contribution in [-0.2, 0) is 4.74 Å². The van der Waals surface area contributed by atoms with Gasteiger partial charge in [-0.2, -0.15) is 0 Å². The van der Waals surface area contributed by atoms with Crippen molar-refractivity contribution in [1.29, 1.82) is 0 Å². The topological polar surface area (TPSA) is 49.7 Å². The van der Waals surface area contributed by atoms with Gasteiger partial charge in [0.1, 0.15) is 0 Å². The van der Waals surface area contributed by atoms with Gasteiger partial charge in [-0.3, -0.25) is 0 Å². The van der Waals surface area contributed by atoms with Gasteiger partial charge in [0.05, 0.1) is 12.2 Å². The molecule has 3 nitrogen and oxygen atoms in total. The lowest BCUT2D eigenvalue weighted by Crippen LogP contribution is -2.49. The summed E-state index contributed by atoms with van der Waals surface area (Å²) < 4.78 is 5.05. The normalized spacial score (nSPS) is 48.8. The van der Waals surface area contributed by atoms with E-state index in [1.807, 2.05) is 6.92 Å². The minimum absolute atomic E-state index is 0.336. The number of hydrogen-bond donors (Lipinski definition) is 2. The van der Waals surface area contributed by atoms with Crippen LogP contribution in [0.2, 0.25) is 0 Å². The van der Waals surface area contributed by atoms with Gasteiger partial charge in [-0.15, -0.1) is 6.58 Å². The maximum Gasteiger partial charge on any atom is 0.155 e. The van der Waals surface area contributed by atoms with E-state index in [9.17, 15) is 10.2 Å². The SMILES string of the molecule is C=C[C@]1(C)C[C@H](O)O[C@@H](C)[C@@H]1O. The van der Waals surface area contributed by atoms with Gasteiger partial charge in [-0.1, -0.05) is 13.0 Å². The first kappa shape index (κ1) is 9.71. The molecule has 12 heavy (non-hydrogen) atoms. The number of aliphatic hydroxyl groups is 2. The van der Waals surface area contributed by atoms with Crippen LogP contribution in [0, 0.1) is 5.41 Å². The zero-order chi connectivity index (χ0) is 9.35. The molecule has 0 saturated carbocycles. The lowest BCUT2D eigenvalue weighted by molar-refractivity contribution is -0.226. The number of ether oxygens (including phenoxy) is 1. The molecule has 1 aliphatic heterocycles. The molecule has 0 spiro atoms. The average Bonchev–Trinajstić information content (AvgIpc) is 2.00. The molecule has 0 aromatic heterocycles. The third-order valence-corrected chi connectivity index (χ3v) is 2.57. The molecule has 0 aromatic rings. The van der Waals surface area contributed by atoms with Gasteiger partial charge in [-0.05, 0) is 6.92 Å². The maximum absolute atomic E-state index is 9.71. The fraction of sp³-hybridized carbons (Fsp3) is 0.778. The summed E-state index contributed by atoms with van der Waals surface area (Å²) in [4.78, 5) is 0. The summed E-state index contributed by atoms with van der Waals surface area (Å²) in [6, 6.07) is 0. The van der Waals surface area contributed by atoms with Crippen LogP contribution in [0.3, 0.4) is 0 Å². The van der Waals surface area contributed by atoms with E-state index in [2.05, 4.69) is 6.58 Å². The Balaban J connectivity index is 2.79. The highest BCUT2D eigenvalue weighted by atomic mass is 16.6. The monoisotopic (exact) mass is 172 g/mol. The largest absolute Gasteiger partial charge is 0.390 e. The maximum atomic E-state index is 9.71. The highest BCUT2D eigenvalue weighted by molar-refractivity contribution is 5.01. The van der Waals surface area contributed by atoms with E-state index in [-0.39, 0.29) is 6.10 Å². The standard InChI is InChI=1S/C9H16O3/c1-4-9(3)5-7(10)12-6(2)8(9)11/h4,6-8,10-11H,1,5H2,2-3H3/t6-,7+,8-,9+/m0/s1. The summed E-state index contributed by atoms with van der Waals surface area (Å²) in [5.41, 5.74) is -0.433. The van der Waals surface area contributed by atoms with E-state index < -0.39 is 17.8 Å². The van der Waals surface area contributed by atoms with Gasteiger partial charge in [0.2, 0.25) is 0 Å². The predicted octanol–water partition coefficient (Wildman–Crippen LogP) is 0.667. The Labute approximate surface area is 72.7 Å².